The zero-order chi connectivity index (χ0) is 15.6. The van der Waals surface area contributed by atoms with Crippen LogP contribution in [0.15, 0.2) is 18.2 Å². The van der Waals surface area contributed by atoms with E-state index in [1.165, 1.54) is 0 Å². The summed E-state index contributed by atoms with van der Waals surface area (Å²) in [6.45, 7) is 3.36. The molecule has 2 unspecified atom stereocenters. The van der Waals surface area contributed by atoms with Crippen molar-refractivity contribution in [3.63, 3.8) is 0 Å². The largest absolute Gasteiger partial charge is 0.481 e. The number of fused-ring (bicyclic) bond motifs is 1. The third-order valence-corrected chi connectivity index (χ3v) is 3.29. The van der Waals surface area contributed by atoms with Gasteiger partial charge in [0, 0.05) is 18.4 Å². The fourth-order valence-corrected chi connectivity index (χ4v) is 2.19. The molecule has 0 aliphatic carbocycles. The number of anilines is 1. The van der Waals surface area contributed by atoms with Gasteiger partial charge < -0.3 is 15.2 Å². The standard InChI is InChI=1S/C15H17NO5/c1-8(6-14(18)19)5-12(17)10-3-4-13-11(7-10)16-15(20)9(2)21-13/h3-4,7-9H,5-6H2,1-2H3,(H,16,20)(H,18,19). The van der Waals surface area contributed by atoms with E-state index in [0.717, 1.165) is 0 Å². The minimum atomic E-state index is -0.921. The Balaban J connectivity index is 2.11. The van der Waals surface area contributed by atoms with Crippen molar-refractivity contribution in [3.05, 3.63) is 23.8 Å². The molecule has 1 heterocycles. The summed E-state index contributed by atoms with van der Waals surface area (Å²) in [4.78, 5) is 34.3. The molecule has 6 heteroatoms. The summed E-state index contributed by atoms with van der Waals surface area (Å²) < 4.78 is 5.41. The Morgan fingerprint density at radius 1 is 1.38 bits per heavy atom. The Bertz CT molecular complexity index is 596. The molecular weight excluding hydrogens is 274 g/mol. The van der Waals surface area contributed by atoms with Crippen LogP contribution in [0.4, 0.5) is 5.69 Å². The molecule has 2 rings (SSSR count). The molecule has 1 aromatic carbocycles. The van der Waals surface area contributed by atoms with E-state index in [4.69, 9.17) is 9.84 Å². The Morgan fingerprint density at radius 3 is 2.76 bits per heavy atom. The molecule has 0 radical (unpaired) electrons. The van der Waals surface area contributed by atoms with Crippen molar-refractivity contribution in [1.82, 2.24) is 0 Å². The van der Waals surface area contributed by atoms with Crippen LogP contribution in [-0.2, 0) is 9.59 Å². The first-order valence-electron chi connectivity index (χ1n) is 6.73. The van der Waals surface area contributed by atoms with E-state index in [1.54, 1.807) is 32.0 Å². The molecule has 21 heavy (non-hydrogen) atoms. The van der Waals surface area contributed by atoms with E-state index in [0.29, 0.717) is 17.0 Å². The molecule has 2 N–H and O–H groups in total. The zero-order valence-electron chi connectivity index (χ0n) is 11.9. The molecule has 0 fully saturated rings. The van der Waals surface area contributed by atoms with Gasteiger partial charge in [0.25, 0.3) is 5.91 Å². The number of nitrogens with one attached hydrogen (secondary N) is 1. The summed E-state index contributed by atoms with van der Waals surface area (Å²) in [5.74, 6) is -1.05. The number of carbonyl (C=O) groups excluding carboxylic acids is 2. The molecule has 0 saturated heterocycles. The maximum atomic E-state index is 12.1. The van der Waals surface area contributed by atoms with Crippen molar-refractivity contribution in [2.75, 3.05) is 5.32 Å². The van der Waals surface area contributed by atoms with Gasteiger partial charge in [-0.15, -0.1) is 0 Å². The van der Waals surface area contributed by atoms with Crippen LogP contribution in [0.1, 0.15) is 37.0 Å². The predicted molar refractivity (Wildman–Crippen MR) is 75.5 cm³/mol. The second-order valence-corrected chi connectivity index (χ2v) is 5.29. The number of amides is 1. The van der Waals surface area contributed by atoms with Crippen molar-refractivity contribution >= 4 is 23.3 Å². The highest BCUT2D eigenvalue weighted by Gasteiger charge is 2.24. The smallest absolute Gasteiger partial charge is 0.303 e. The number of hydrogen-bond donors (Lipinski definition) is 2. The first-order chi connectivity index (χ1) is 9.86. The Hall–Kier alpha value is -2.37. The number of benzene rings is 1. The van der Waals surface area contributed by atoms with Gasteiger partial charge in [0.15, 0.2) is 11.9 Å². The van der Waals surface area contributed by atoms with Gasteiger partial charge in [-0.3, -0.25) is 14.4 Å². The third-order valence-electron chi connectivity index (χ3n) is 3.29. The lowest BCUT2D eigenvalue weighted by Gasteiger charge is -2.23. The van der Waals surface area contributed by atoms with Gasteiger partial charge in [-0.1, -0.05) is 6.92 Å². The van der Waals surface area contributed by atoms with Crippen LogP contribution in [-0.4, -0.2) is 28.9 Å². The summed E-state index contributed by atoms with van der Waals surface area (Å²) in [5.41, 5.74) is 0.902. The quantitative estimate of drug-likeness (QED) is 0.810. The second-order valence-electron chi connectivity index (χ2n) is 5.29. The first-order valence-corrected chi connectivity index (χ1v) is 6.73. The van der Waals surface area contributed by atoms with Gasteiger partial charge in [-0.05, 0) is 31.0 Å². The molecular formula is C15H17NO5. The van der Waals surface area contributed by atoms with Crippen LogP contribution in [0, 0.1) is 5.92 Å². The number of Topliss-reactive ketones (excluding diaryl/α,β-unsaturated/α-hetero) is 1. The SMILES string of the molecule is CC(CC(=O)O)CC(=O)c1ccc2c(c1)NC(=O)C(C)O2. The van der Waals surface area contributed by atoms with Crippen LogP contribution >= 0.6 is 0 Å². The van der Waals surface area contributed by atoms with Crippen LogP contribution in [0.3, 0.4) is 0 Å². The monoisotopic (exact) mass is 291 g/mol. The fourth-order valence-electron chi connectivity index (χ4n) is 2.19. The fraction of sp³-hybridized carbons (Fsp3) is 0.400. The van der Waals surface area contributed by atoms with Crippen LogP contribution < -0.4 is 10.1 Å². The molecule has 112 valence electrons. The number of ether oxygens (including phenoxy) is 1. The van der Waals surface area contributed by atoms with Crippen LogP contribution in [0.25, 0.3) is 0 Å². The van der Waals surface area contributed by atoms with Gasteiger partial charge in [-0.25, -0.2) is 0 Å². The third kappa shape index (κ3) is 3.59. The molecule has 1 aromatic rings. The Kier molecular flexibility index (Phi) is 4.26. The van der Waals surface area contributed by atoms with E-state index in [2.05, 4.69) is 5.32 Å². The molecule has 1 aliphatic rings. The normalized spacial score (nSPS) is 18.2. The van der Waals surface area contributed by atoms with E-state index < -0.39 is 12.1 Å². The molecule has 0 bridgehead atoms. The number of ketones is 1. The average Bonchev–Trinajstić information content (AvgIpc) is 2.38. The van der Waals surface area contributed by atoms with Gasteiger partial charge in [0.05, 0.1) is 5.69 Å². The summed E-state index contributed by atoms with van der Waals surface area (Å²) in [5, 5.41) is 11.4. The highest BCUT2D eigenvalue weighted by molar-refractivity contribution is 6.01. The molecule has 0 saturated carbocycles. The maximum absolute atomic E-state index is 12.1. The number of carboxylic acids is 1. The minimum absolute atomic E-state index is 0.0476. The maximum Gasteiger partial charge on any atom is 0.303 e. The van der Waals surface area contributed by atoms with E-state index in [-0.39, 0.29) is 30.4 Å². The molecule has 1 amide bonds. The van der Waals surface area contributed by atoms with Crippen molar-refractivity contribution in [1.29, 1.82) is 0 Å². The molecule has 2 atom stereocenters. The number of aliphatic carboxylic acids is 1. The number of carboxylic acid groups (broad SMARTS) is 1. The average molecular weight is 291 g/mol. The molecule has 1 aliphatic heterocycles. The topological polar surface area (TPSA) is 92.7 Å². The van der Waals surface area contributed by atoms with E-state index in [9.17, 15) is 14.4 Å². The van der Waals surface area contributed by atoms with Gasteiger partial charge >= 0.3 is 5.97 Å². The summed E-state index contributed by atoms with van der Waals surface area (Å²) >= 11 is 0. The Labute approximate surface area is 122 Å². The highest BCUT2D eigenvalue weighted by Crippen LogP contribution is 2.31. The van der Waals surface area contributed by atoms with E-state index in [1.807, 2.05) is 0 Å². The lowest BCUT2D eigenvalue weighted by atomic mass is 9.96. The minimum Gasteiger partial charge on any atom is -0.481 e. The van der Waals surface area contributed by atoms with Crippen molar-refractivity contribution in [3.8, 4) is 5.75 Å². The van der Waals surface area contributed by atoms with Crippen molar-refractivity contribution in [2.45, 2.75) is 32.8 Å². The summed E-state index contributed by atoms with van der Waals surface area (Å²) in [6.07, 6.45) is -0.459. The van der Waals surface area contributed by atoms with Gasteiger partial charge in [0.2, 0.25) is 0 Å². The van der Waals surface area contributed by atoms with E-state index >= 15 is 0 Å². The van der Waals surface area contributed by atoms with Crippen molar-refractivity contribution in [2.24, 2.45) is 5.92 Å². The first kappa shape index (κ1) is 15.0. The van der Waals surface area contributed by atoms with Gasteiger partial charge in [-0.2, -0.15) is 0 Å². The molecule has 0 spiro atoms. The molecule has 0 aromatic heterocycles. The predicted octanol–water partition coefficient (Wildman–Crippen LogP) is 2.09. The van der Waals surface area contributed by atoms with Crippen LogP contribution in [0.2, 0.25) is 0 Å². The summed E-state index contributed by atoms with van der Waals surface area (Å²) in [6, 6.07) is 4.83. The summed E-state index contributed by atoms with van der Waals surface area (Å²) in [7, 11) is 0. The zero-order valence-corrected chi connectivity index (χ0v) is 11.9. The Morgan fingerprint density at radius 2 is 2.10 bits per heavy atom. The van der Waals surface area contributed by atoms with Crippen LogP contribution in [0.5, 0.6) is 5.75 Å². The lowest BCUT2D eigenvalue weighted by molar-refractivity contribution is -0.137. The number of carbonyl (C=O) groups is 3. The highest BCUT2D eigenvalue weighted by atomic mass is 16.5. The number of hydrogen-bond acceptors (Lipinski definition) is 4. The van der Waals surface area contributed by atoms with Crippen molar-refractivity contribution < 1.29 is 24.2 Å². The molecule has 6 nitrogen and oxygen atoms in total. The second kappa shape index (κ2) is 5.95. The van der Waals surface area contributed by atoms with Gasteiger partial charge in [0.1, 0.15) is 5.75 Å². The number of rotatable bonds is 5. The lowest BCUT2D eigenvalue weighted by Crippen LogP contribution is -2.34.